The number of ether oxygens (including phenoxy) is 1. The summed E-state index contributed by atoms with van der Waals surface area (Å²) < 4.78 is 5.39. The van der Waals surface area contributed by atoms with Crippen molar-refractivity contribution in [2.45, 2.75) is 19.8 Å². The number of hydrogen-bond donors (Lipinski definition) is 0. The minimum atomic E-state index is -0.440. The highest BCUT2D eigenvalue weighted by atomic mass is 35.5. The Balaban J connectivity index is 1.63. The topological polar surface area (TPSA) is 63.7 Å². The average molecular weight is 386 g/mol. The van der Waals surface area contributed by atoms with Gasteiger partial charge in [0.1, 0.15) is 6.61 Å². The van der Waals surface area contributed by atoms with E-state index in [-0.39, 0.29) is 36.9 Å². The fraction of sp³-hybridized carbons (Fsp3) is 0.286. The molecular weight excluding hydrogens is 366 g/mol. The molecule has 1 heterocycles. The SMILES string of the molecule is CC(C)[C@H](C(=O)OCCN1C(=O)c2ccccc2C1=O)c1ccc(Cl)cc1. The van der Waals surface area contributed by atoms with E-state index in [2.05, 4.69) is 0 Å². The molecule has 2 amide bonds. The fourth-order valence-corrected chi connectivity index (χ4v) is 3.36. The summed E-state index contributed by atoms with van der Waals surface area (Å²) in [5, 5.41) is 0.597. The van der Waals surface area contributed by atoms with Gasteiger partial charge in [-0.15, -0.1) is 0 Å². The Kier molecular flexibility index (Phi) is 5.61. The molecule has 1 atom stereocenters. The molecule has 27 heavy (non-hydrogen) atoms. The van der Waals surface area contributed by atoms with Gasteiger partial charge in [0.2, 0.25) is 0 Å². The molecule has 0 fully saturated rings. The van der Waals surface area contributed by atoms with Crippen molar-refractivity contribution in [3.8, 4) is 0 Å². The number of hydrogen-bond acceptors (Lipinski definition) is 4. The van der Waals surface area contributed by atoms with Crippen LogP contribution < -0.4 is 0 Å². The smallest absolute Gasteiger partial charge is 0.313 e. The third kappa shape index (κ3) is 3.88. The van der Waals surface area contributed by atoms with Crippen molar-refractivity contribution < 1.29 is 19.1 Å². The summed E-state index contributed by atoms with van der Waals surface area (Å²) in [4.78, 5) is 38.4. The molecule has 0 saturated carbocycles. The third-order valence-corrected chi connectivity index (χ3v) is 4.84. The van der Waals surface area contributed by atoms with Gasteiger partial charge in [-0.3, -0.25) is 19.3 Å². The number of carbonyl (C=O) groups excluding carboxylic acids is 3. The van der Waals surface area contributed by atoms with Crippen LogP contribution in [-0.2, 0) is 9.53 Å². The zero-order valence-electron chi connectivity index (χ0n) is 15.1. The van der Waals surface area contributed by atoms with Crippen molar-refractivity contribution in [2.75, 3.05) is 13.2 Å². The second-order valence-electron chi connectivity index (χ2n) is 6.75. The van der Waals surface area contributed by atoms with Crippen LogP contribution in [-0.4, -0.2) is 35.8 Å². The molecule has 0 unspecified atom stereocenters. The Morgan fingerprint density at radius 3 is 2.07 bits per heavy atom. The van der Waals surface area contributed by atoms with Crippen LogP contribution >= 0.6 is 11.6 Å². The lowest BCUT2D eigenvalue weighted by Crippen LogP contribution is -2.34. The van der Waals surface area contributed by atoms with Crippen LogP contribution in [0.15, 0.2) is 48.5 Å². The molecule has 0 saturated heterocycles. The maximum absolute atomic E-state index is 12.6. The molecule has 140 valence electrons. The van der Waals surface area contributed by atoms with Crippen LogP contribution in [0.4, 0.5) is 0 Å². The van der Waals surface area contributed by atoms with Gasteiger partial charge >= 0.3 is 5.97 Å². The molecule has 1 aliphatic rings. The largest absolute Gasteiger partial charge is 0.463 e. The second-order valence-corrected chi connectivity index (χ2v) is 7.18. The van der Waals surface area contributed by atoms with E-state index in [1.165, 1.54) is 0 Å². The predicted octanol–water partition coefficient (Wildman–Crippen LogP) is 3.92. The van der Waals surface area contributed by atoms with Crippen molar-refractivity contribution in [3.05, 3.63) is 70.2 Å². The number of nitrogens with zero attached hydrogens (tertiary/aromatic N) is 1. The Bertz CT molecular complexity index is 841. The number of rotatable bonds is 6. The fourth-order valence-electron chi connectivity index (χ4n) is 3.23. The molecule has 0 aliphatic carbocycles. The molecule has 2 aromatic carbocycles. The van der Waals surface area contributed by atoms with E-state index in [9.17, 15) is 14.4 Å². The zero-order valence-corrected chi connectivity index (χ0v) is 15.9. The molecular formula is C21H20ClNO4. The quantitative estimate of drug-likeness (QED) is 0.558. The summed E-state index contributed by atoms with van der Waals surface area (Å²) in [5.74, 6) is -1.51. The molecule has 0 aromatic heterocycles. The van der Waals surface area contributed by atoms with Gasteiger partial charge in [-0.1, -0.05) is 49.7 Å². The third-order valence-electron chi connectivity index (χ3n) is 4.59. The lowest BCUT2D eigenvalue weighted by Gasteiger charge is -2.21. The van der Waals surface area contributed by atoms with E-state index in [1.54, 1.807) is 48.5 Å². The first-order chi connectivity index (χ1) is 12.9. The normalized spacial score (nSPS) is 14.4. The minimum absolute atomic E-state index is 0.0259. The highest BCUT2D eigenvalue weighted by Gasteiger charge is 2.35. The van der Waals surface area contributed by atoms with Crippen molar-refractivity contribution in [1.29, 1.82) is 0 Å². The molecule has 3 rings (SSSR count). The van der Waals surface area contributed by atoms with E-state index < -0.39 is 5.92 Å². The summed E-state index contributed by atoms with van der Waals surface area (Å²) in [6, 6.07) is 13.8. The van der Waals surface area contributed by atoms with E-state index >= 15 is 0 Å². The van der Waals surface area contributed by atoms with Gasteiger partial charge in [-0.05, 0) is 35.7 Å². The van der Waals surface area contributed by atoms with E-state index in [0.29, 0.717) is 16.1 Å². The first-order valence-electron chi connectivity index (χ1n) is 8.77. The maximum Gasteiger partial charge on any atom is 0.313 e. The average Bonchev–Trinajstić information content (AvgIpc) is 2.88. The van der Waals surface area contributed by atoms with Crippen LogP contribution in [0.2, 0.25) is 5.02 Å². The molecule has 0 spiro atoms. The van der Waals surface area contributed by atoms with Crippen molar-refractivity contribution in [1.82, 2.24) is 4.90 Å². The molecule has 0 N–H and O–H groups in total. The van der Waals surface area contributed by atoms with Crippen LogP contribution in [0.25, 0.3) is 0 Å². The Morgan fingerprint density at radius 2 is 1.56 bits per heavy atom. The number of carbonyl (C=O) groups is 3. The predicted molar refractivity (Wildman–Crippen MR) is 102 cm³/mol. The van der Waals surface area contributed by atoms with Gasteiger partial charge in [0, 0.05) is 5.02 Å². The highest BCUT2D eigenvalue weighted by Crippen LogP contribution is 2.27. The Hall–Kier alpha value is -2.66. The van der Waals surface area contributed by atoms with Gasteiger partial charge in [0.25, 0.3) is 11.8 Å². The molecule has 5 nitrogen and oxygen atoms in total. The Labute approximate surface area is 162 Å². The number of halogens is 1. The monoisotopic (exact) mass is 385 g/mol. The van der Waals surface area contributed by atoms with Gasteiger partial charge < -0.3 is 4.74 Å². The summed E-state index contributed by atoms with van der Waals surface area (Å²) in [6.07, 6.45) is 0. The number of esters is 1. The van der Waals surface area contributed by atoms with Gasteiger partial charge in [-0.25, -0.2) is 0 Å². The number of fused-ring (bicyclic) bond motifs is 1. The molecule has 1 aliphatic heterocycles. The van der Waals surface area contributed by atoms with Crippen molar-refractivity contribution in [3.63, 3.8) is 0 Å². The number of amides is 2. The van der Waals surface area contributed by atoms with E-state index in [4.69, 9.17) is 16.3 Å². The van der Waals surface area contributed by atoms with Crippen LogP contribution in [0.5, 0.6) is 0 Å². The zero-order chi connectivity index (χ0) is 19.6. The van der Waals surface area contributed by atoms with Crippen molar-refractivity contribution >= 4 is 29.4 Å². The van der Waals surface area contributed by atoms with Crippen LogP contribution in [0.3, 0.4) is 0 Å². The summed E-state index contributed by atoms with van der Waals surface area (Å²) in [6.45, 7) is 3.86. The van der Waals surface area contributed by atoms with Gasteiger partial charge in [0.05, 0.1) is 23.6 Å². The van der Waals surface area contributed by atoms with Gasteiger partial charge in [0.15, 0.2) is 0 Å². The minimum Gasteiger partial charge on any atom is -0.463 e. The van der Waals surface area contributed by atoms with E-state index in [1.807, 2.05) is 13.8 Å². The first kappa shape index (κ1) is 19.1. The lowest BCUT2D eigenvalue weighted by atomic mass is 9.88. The number of imide groups is 1. The van der Waals surface area contributed by atoms with Crippen molar-refractivity contribution in [2.24, 2.45) is 5.92 Å². The summed E-state index contributed by atoms with van der Waals surface area (Å²) in [5.41, 5.74) is 1.59. The van der Waals surface area contributed by atoms with Crippen LogP contribution in [0, 0.1) is 5.92 Å². The Morgan fingerprint density at radius 1 is 1.00 bits per heavy atom. The summed E-state index contributed by atoms with van der Waals surface area (Å²) >= 11 is 5.91. The standard InChI is InChI=1S/C21H20ClNO4/c1-13(2)18(14-7-9-15(22)10-8-14)21(26)27-12-11-23-19(24)16-5-3-4-6-17(16)20(23)25/h3-10,13,18H,11-12H2,1-2H3/t18-/m0/s1. The molecule has 0 radical (unpaired) electrons. The van der Waals surface area contributed by atoms with Crippen LogP contribution in [0.1, 0.15) is 46.0 Å². The maximum atomic E-state index is 12.6. The molecule has 6 heteroatoms. The second kappa shape index (κ2) is 7.92. The molecule has 2 aromatic rings. The molecule has 0 bridgehead atoms. The van der Waals surface area contributed by atoms with E-state index in [0.717, 1.165) is 10.5 Å². The summed E-state index contributed by atoms with van der Waals surface area (Å²) in [7, 11) is 0. The van der Waals surface area contributed by atoms with Gasteiger partial charge in [-0.2, -0.15) is 0 Å². The number of benzene rings is 2. The first-order valence-corrected chi connectivity index (χ1v) is 9.15. The lowest BCUT2D eigenvalue weighted by molar-refractivity contribution is -0.146. The highest BCUT2D eigenvalue weighted by molar-refractivity contribution is 6.30.